The van der Waals surface area contributed by atoms with E-state index in [1.165, 1.54) is 49.8 Å². The predicted molar refractivity (Wildman–Crippen MR) is 62.6 cm³/mol. The summed E-state index contributed by atoms with van der Waals surface area (Å²) in [5.41, 5.74) is 2.89. The molecule has 1 aromatic rings. The lowest BCUT2D eigenvalue weighted by molar-refractivity contribution is -0.677. The summed E-state index contributed by atoms with van der Waals surface area (Å²) in [6.07, 6.45) is 10.7. The number of nitrogens with zero attached hydrogens (tertiary/aromatic N) is 1. The summed E-state index contributed by atoms with van der Waals surface area (Å²) in [6.45, 7) is 2.18. The van der Waals surface area contributed by atoms with Crippen LogP contribution >= 0.6 is 0 Å². The van der Waals surface area contributed by atoms with Gasteiger partial charge in [0, 0.05) is 19.1 Å². The molecular formula is C14H22N+. The predicted octanol–water partition coefficient (Wildman–Crippen LogP) is 2.94. The minimum absolute atomic E-state index is 0.950. The lowest BCUT2D eigenvalue weighted by Gasteiger charge is -2.21. The zero-order valence-electron chi connectivity index (χ0n) is 10.00. The van der Waals surface area contributed by atoms with Gasteiger partial charge in [-0.05, 0) is 17.9 Å². The molecule has 1 heteroatoms. The van der Waals surface area contributed by atoms with E-state index in [1.54, 1.807) is 0 Å². The molecule has 0 saturated heterocycles. The molecule has 1 heterocycles. The van der Waals surface area contributed by atoms with Crippen LogP contribution in [0.5, 0.6) is 0 Å². The average Bonchev–Trinajstić information content (AvgIpc) is 2.25. The van der Waals surface area contributed by atoms with E-state index in [0.29, 0.717) is 0 Å². The Kier molecular flexibility index (Phi) is 3.40. The molecule has 1 nitrogen and oxygen atoms in total. The van der Waals surface area contributed by atoms with Gasteiger partial charge >= 0.3 is 0 Å². The molecule has 0 bridgehead atoms. The van der Waals surface area contributed by atoms with Crippen LogP contribution in [0.25, 0.3) is 0 Å². The summed E-state index contributed by atoms with van der Waals surface area (Å²) < 4.78 is 2.18. The van der Waals surface area contributed by atoms with Gasteiger partial charge in [-0.3, -0.25) is 0 Å². The van der Waals surface area contributed by atoms with Crippen molar-refractivity contribution in [2.24, 2.45) is 13.0 Å². The van der Waals surface area contributed by atoms with Crippen LogP contribution in [0.1, 0.15) is 43.4 Å². The Labute approximate surface area is 93.1 Å². The molecule has 0 atom stereocenters. The first-order valence-corrected chi connectivity index (χ1v) is 6.21. The fourth-order valence-electron chi connectivity index (χ4n) is 2.59. The number of hydrogen-bond donors (Lipinski definition) is 0. The highest BCUT2D eigenvalue weighted by atomic mass is 14.9. The SMILES string of the molecule is Cc1cc(CC2CCCCC2)cc[n+]1C. The van der Waals surface area contributed by atoms with Gasteiger partial charge in [0.1, 0.15) is 7.05 Å². The fourth-order valence-corrected chi connectivity index (χ4v) is 2.59. The second-order valence-electron chi connectivity index (χ2n) is 5.00. The summed E-state index contributed by atoms with van der Waals surface area (Å²) in [7, 11) is 2.11. The van der Waals surface area contributed by atoms with Gasteiger partial charge in [-0.2, -0.15) is 0 Å². The van der Waals surface area contributed by atoms with Crippen LogP contribution in [0.2, 0.25) is 0 Å². The summed E-state index contributed by atoms with van der Waals surface area (Å²) >= 11 is 0. The Bertz CT molecular complexity index is 324. The van der Waals surface area contributed by atoms with Crippen molar-refractivity contribution in [3.8, 4) is 0 Å². The van der Waals surface area contributed by atoms with Gasteiger partial charge in [-0.25, -0.2) is 4.57 Å². The van der Waals surface area contributed by atoms with E-state index in [1.807, 2.05) is 0 Å². The van der Waals surface area contributed by atoms with E-state index < -0.39 is 0 Å². The van der Waals surface area contributed by atoms with Crippen molar-refractivity contribution in [3.63, 3.8) is 0 Å². The molecule has 0 spiro atoms. The fraction of sp³-hybridized carbons (Fsp3) is 0.643. The van der Waals surface area contributed by atoms with Crippen LogP contribution in [0.15, 0.2) is 18.3 Å². The number of hydrogen-bond acceptors (Lipinski definition) is 0. The van der Waals surface area contributed by atoms with E-state index in [9.17, 15) is 0 Å². The zero-order valence-corrected chi connectivity index (χ0v) is 10.00. The molecule has 0 N–H and O–H groups in total. The third kappa shape index (κ3) is 2.80. The molecule has 1 aliphatic carbocycles. The van der Waals surface area contributed by atoms with Gasteiger partial charge < -0.3 is 0 Å². The van der Waals surface area contributed by atoms with E-state index in [4.69, 9.17) is 0 Å². The molecule has 0 amide bonds. The number of aryl methyl sites for hydroxylation is 2. The van der Waals surface area contributed by atoms with Crippen LogP contribution < -0.4 is 4.57 Å². The van der Waals surface area contributed by atoms with Crippen molar-refractivity contribution >= 4 is 0 Å². The molecule has 2 rings (SSSR count). The maximum absolute atomic E-state index is 2.34. The van der Waals surface area contributed by atoms with Crippen LogP contribution in [0.4, 0.5) is 0 Å². The number of rotatable bonds is 2. The molecule has 15 heavy (non-hydrogen) atoms. The number of aromatic nitrogens is 1. The highest BCUT2D eigenvalue weighted by Gasteiger charge is 2.14. The van der Waals surface area contributed by atoms with Crippen molar-refractivity contribution in [2.75, 3.05) is 0 Å². The lowest BCUT2D eigenvalue weighted by Crippen LogP contribution is -2.31. The minimum Gasteiger partial charge on any atom is -0.205 e. The highest BCUT2D eigenvalue weighted by Crippen LogP contribution is 2.26. The van der Waals surface area contributed by atoms with Crippen LogP contribution in [-0.4, -0.2) is 0 Å². The third-order valence-electron chi connectivity index (χ3n) is 3.71. The topological polar surface area (TPSA) is 3.88 Å². The molecule has 82 valence electrons. The molecule has 1 aromatic heterocycles. The normalized spacial score (nSPS) is 18.0. The van der Waals surface area contributed by atoms with Gasteiger partial charge in [-0.1, -0.05) is 32.1 Å². The van der Waals surface area contributed by atoms with Crippen molar-refractivity contribution in [1.29, 1.82) is 0 Å². The van der Waals surface area contributed by atoms with Crippen LogP contribution in [0, 0.1) is 12.8 Å². The second kappa shape index (κ2) is 4.78. The maximum Gasteiger partial charge on any atom is 0.178 e. The Balaban J connectivity index is 2.00. The highest BCUT2D eigenvalue weighted by molar-refractivity contribution is 5.12. The van der Waals surface area contributed by atoms with E-state index >= 15 is 0 Å². The van der Waals surface area contributed by atoms with Gasteiger partial charge in [0.15, 0.2) is 11.9 Å². The van der Waals surface area contributed by atoms with E-state index in [2.05, 4.69) is 36.9 Å². The quantitative estimate of drug-likeness (QED) is 0.652. The smallest absolute Gasteiger partial charge is 0.178 e. The van der Waals surface area contributed by atoms with Gasteiger partial charge in [0.25, 0.3) is 0 Å². The maximum atomic E-state index is 2.34. The van der Waals surface area contributed by atoms with Gasteiger partial charge in [-0.15, -0.1) is 0 Å². The Morgan fingerprint density at radius 2 is 2.00 bits per heavy atom. The standard InChI is InChI=1S/C14H22N/c1-12-10-14(8-9-15(12)2)11-13-6-4-3-5-7-13/h8-10,13H,3-7,11H2,1-2H3/q+1. The molecule has 1 aliphatic rings. The Morgan fingerprint density at radius 1 is 1.27 bits per heavy atom. The molecular weight excluding hydrogens is 182 g/mol. The van der Waals surface area contributed by atoms with E-state index in [0.717, 1.165) is 5.92 Å². The average molecular weight is 204 g/mol. The monoisotopic (exact) mass is 204 g/mol. The lowest BCUT2D eigenvalue weighted by atomic mass is 9.85. The molecule has 0 radical (unpaired) electrons. The molecule has 1 saturated carbocycles. The van der Waals surface area contributed by atoms with Crippen molar-refractivity contribution < 1.29 is 4.57 Å². The number of pyridine rings is 1. The van der Waals surface area contributed by atoms with Crippen molar-refractivity contribution in [2.45, 2.75) is 45.4 Å². The third-order valence-corrected chi connectivity index (χ3v) is 3.71. The Morgan fingerprint density at radius 3 is 2.67 bits per heavy atom. The first-order valence-electron chi connectivity index (χ1n) is 6.21. The first-order chi connectivity index (χ1) is 7.25. The molecule has 0 unspecified atom stereocenters. The van der Waals surface area contributed by atoms with Gasteiger partial charge in [0.2, 0.25) is 0 Å². The van der Waals surface area contributed by atoms with Gasteiger partial charge in [0.05, 0.1) is 0 Å². The van der Waals surface area contributed by atoms with Crippen molar-refractivity contribution in [3.05, 3.63) is 29.6 Å². The molecule has 1 fully saturated rings. The second-order valence-corrected chi connectivity index (χ2v) is 5.00. The zero-order chi connectivity index (χ0) is 10.7. The van der Waals surface area contributed by atoms with E-state index in [-0.39, 0.29) is 0 Å². The minimum atomic E-state index is 0.950. The molecule has 0 aromatic carbocycles. The summed E-state index contributed by atoms with van der Waals surface area (Å²) in [5.74, 6) is 0.950. The summed E-state index contributed by atoms with van der Waals surface area (Å²) in [5, 5.41) is 0. The first kappa shape index (κ1) is 10.7. The van der Waals surface area contributed by atoms with Crippen LogP contribution in [0.3, 0.4) is 0 Å². The summed E-state index contributed by atoms with van der Waals surface area (Å²) in [6, 6.07) is 4.62. The molecule has 0 aliphatic heterocycles. The largest absolute Gasteiger partial charge is 0.205 e. The summed E-state index contributed by atoms with van der Waals surface area (Å²) in [4.78, 5) is 0. The van der Waals surface area contributed by atoms with Crippen LogP contribution in [-0.2, 0) is 13.5 Å². The Hall–Kier alpha value is -0.850. The van der Waals surface area contributed by atoms with Crippen molar-refractivity contribution in [1.82, 2.24) is 0 Å².